The summed E-state index contributed by atoms with van der Waals surface area (Å²) < 4.78 is 0. The van der Waals surface area contributed by atoms with Crippen LogP contribution in [0.15, 0.2) is 0 Å². The maximum absolute atomic E-state index is 9.68. The van der Waals surface area contributed by atoms with Crippen LogP contribution in [-0.2, 0) is 0 Å². The van der Waals surface area contributed by atoms with Gasteiger partial charge in [-0.25, -0.2) is 0 Å². The molecular formula is C9H20O2. The van der Waals surface area contributed by atoms with Crippen LogP contribution in [0.5, 0.6) is 0 Å². The minimum absolute atomic E-state index is 0.117. The SMILES string of the molecule is CCC(C)CC(O)(CC)CO. The van der Waals surface area contributed by atoms with Gasteiger partial charge in [0.15, 0.2) is 0 Å². The lowest BCUT2D eigenvalue weighted by Crippen LogP contribution is -2.34. The highest BCUT2D eigenvalue weighted by molar-refractivity contribution is 4.77. The highest BCUT2D eigenvalue weighted by Gasteiger charge is 2.25. The van der Waals surface area contributed by atoms with Crippen molar-refractivity contribution in [2.45, 2.75) is 45.6 Å². The molecule has 2 N–H and O–H groups in total. The lowest BCUT2D eigenvalue weighted by Gasteiger charge is -2.26. The second kappa shape index (κ2) is 4.73. The third-order valence-electron chi connectivity index (χ3n) is 2.38. The molecule has 2 atom stereocenters. The molecule has 2 nitrogen and oxygen atoms in total. The summed E-state index contributed by atoms with van der Waals surface area (Å²) >= 11 is 0. The van der Waals surface area contributed by atoms with Crippen LogP contribution in [0.4, 0.5) is 0 Å². The molecule has 2 unspecified atom stereocenters. The van der Waals surface area contributed by atoms with E-state index in [9.17, 15) is 5.11 Å². The van der Waals surface area contributed by atoms with Crippen molar-refractivity contribution < 1.29 is 10.2 Å². The van der Waals surface area contributed by atoms with Crippen LogP contribution < -0.4 is 0 Å². The minimum atomic E-state index is -0.838. The van der Waals surface area contributed by atoms with Crippen molar-refractivity contribution in [1.29, 1.82) is 0 Å². The van der Waals surface area contributed by atoms with Crippen LogP contribution in [0.1, 0.15) is 40.0 Å². The fourth-order valence-electron chi connectivity index (χ4n) is 1.11. The van der Waals surface area contributed by atoms with E-state index in [1.807, 2.05) is 6.92 Å². The van der Waals surface area contributed by atoms with E-state index in [2.05, 4.69) is 13.8 Å². The van der Waals surface area contributed by atoms with Gasteiger partial charge in [0.05, 0.1) is 12.2 Å². The number of rotatable bonds is 5. The van der Waals surface area contributed by atoms with E-state index in [4.69, 9.17) is 5.11 Å². The summed E-state index contributed by atoms with van der Waals surface area (Å²) in [6.07, 6.45) is 2.40. The molecule has 68 valence electrons. The Kier molecular flexibility index (Phi) is 4.69. The van der Waals surface area contributed by atoms with Crippen molar-refractivity contribution in [3.05, 3.63) is 0 Å². The van der Waals surface area contributed by atoms with Gasteiger partial charge in [0.2, 0.25) is 0 Å². The van der Waals surface area contributed by atoms with Crippen molar-refractivity contribution >= 4 is 0 Å². The van der Waals surface area contributed by atoms with Crippen molar-refractivity contribution in [2.75, 3.05) is 6.61 Å². The molecule has 0 heterocycles. The Morgan fingerprint density at radius 2 is 1.91 bits per heavy atom. The summed E-state index contributed by atoms with van der Waals surface area (Å²) in [5, 5.41) is 18.6. The lowest BCUT2D eigenvalue weighted by atomic mass is 9.89. The molecule has 0 aliphatic carbocycles. The zero-order valence-corrected chi connectivity index (χ0v) is 7.80. The van der Waals surface area contributed by atoms with Gasteiger partial charge in [-0.2, -0.15) is 0 Å². The van der Waals surface area contributed by atoms with E-state index in [1.165, 1.54) is 0 Å². The van der Waals surface area contributed by atoms with E-state index >= 15 is 0 Å². The molecule has 0 aliphatic heterocycles. The van der Waals surface area contributed by atoms with Gasteiger partial charge in [-0.3, -0.25) is 0 Å². The molecule has 0 fully saturated rings. The van der Waals surface area contributed by atoms with Gasteiger partial charge in [0, 0.05) is 0 Å². The highest BCUT2D eigenvalue weighted by Crippen LogP contribution is 2.21. The normalized spacial score (nSPS) is 19.4. The predicted octanol–water partition coefficient (Wildman–Crippen LogP) is 1.56. The molecule has 11 heavy (non-hydrogen) atoms. The van der Waals surface area contributed by atoms with Gasteiger partial charge in [-0.1, -0.05) is 27.2 Å². The predicted molar refractivity (Wildman–Crippen MR) is 46.4 cm³/mol. The van der Waals surface area contributed by atoms with Gasteiger partial charge < -0.3 is 10.2 Å². The van der Waals surface area contributed by atoms with Gasteiger partial charge in [-0.15, -0.1) is 0 Å². The second-order valence-electron chi connectivity index (χ2n) is 3.45. The molecule has 0 aromatic rings. The number of hydrogen-bond donors (Lipinski definition) is 2. The fraction of sp³-hybridized carbons (Fsp3) is 1.00. The van der Waals surface area contributed by atoms with Crippen LogP contribution in [0, 0.1) is 5.92 Å². The Labute approximate surface area is 69.2 Å². The van der Waals surface area contributed by atoms with Crippen molar-refractivity contribution in [3.63, 3.8) is 0 Å². The molecule has 0 radical (unpaired) electrons. The van der Waals surface area contributed by atoms with Gasteiger partial charge in [-0.05, 0) is 18.8 Å². The van der Waals surface area contributed by atoms with Crippen LogP contribution in [-0.4, -0.2) is 22.4 Å². The van der Waals surface area contributed by atoms with Gasteiger partial charge in [0.1, 0.15) is 0 Å². The molecule has 0 saturated heterocycles. The Bertz CT molecular complexity index is 97.7. The van der Waals surface area contributed by atoms with Crippen LogP contribution in [0.2, 0.25) is 0 Å². The summed E-state index contributed by atoms with van der Waals surface area (Å²) in [6.45, 7) is 5.97. The Morgan fingerprint density at radius 1 is 1.36 bits per heavy atom. The monoisotopic (exact) mass is 160 g/mol. The number of aliphatic hydroxyl groups is 2. The summed E-state index contributed by atoms with van der Waals surface area (Å²) in [7, 11) is 0. The molecule has 0 saturated carbocycles. The quantitative estimate of drug-likeness (QED) is 0.640. The largest absolute Gasteiger partial charge is 0.393 e. The third kappa shape index (κ3) is 3.73. The van der Waals surface area contributed by atoms with Crippen LogP contribution in [0.3, 0.4) is 0 Å². The van der Waals surface area contributed by atoms with Crippen molar-refractivity contribution in [2.24, 2.45) is 5.92 Å². The number of hydrogen-bond acceptors (Lipinski definition) is 2. The zero-order valence-electron chi connectivity index (χ0n) is 7.80. The summed E-state index contributed by atoms with van der Waals surface area (Å²) in [6, 6.07) is 0. The minimum Gasteiger partial charge on any atom is -0.393 e. The molecule has 0 rings (SSSR count). The zero-order chi connectivity index (χ0) is 8.91. The first-order valence-corrected chi connectivity index (χ1v) is 4.41. The van der Waals surface area contributed by atoms with E-state index in [0.29, 0.717) is 18.8 Å². The van der Waals surface area contributed by atoms with E-state index in [1.54, 1.807) is 0 Å². The summed E-state index contributed by atoms with van der Waals surface area (Å²) in [5.74, 6) is 0.493. The molecule has 0 spiro atoms. The topological polar surface area (TPSA) is 40.5 Å². The molecule has 0 aromatic heterocycles. The lowest BCUT2D eigenvalue weighted by molar-refractivity contribution is -0.0347. The summed E-state index contributed by atoms with van der Waals surface area (Å²) in [4.78, 5) is 0. The van der Waals surface area contributed by atoms with Crippen LogP contribution >= 0.6 is 0 Å². The molecule has 0 bridgehead atoms. The average molecular weight is 160 g/mol. The first kappa shape index (κ1) is 10.9. The molecular weight excluding hydrogens is 140 g/mol. The van der Waals surface area contributed by atoms with Crippen molar-refractivity contribution in [1.82, 2.24) is 0 Å². The summed E-state index contributed by atoms with van der Waals surface area (Å²) in [5.41, 5.74) is -0.838. The molecule has 0 amide bonds. The first-order valence-electron chi connectivity index (χ1n) is 4.41. The second-order valence-corrected chi connectivity index (χ2v) is 3.45. The molecule has 0 aromatic carbocycles. The Morgan fingerprint density at radius 3 is 2.18 bits per heavy atom. The average Bonchev–Trinajstić information content (AvgIpc) is 2.04. The standard InChI is InChI=1S/C9H20O2/c1-4-8(3)6-9(11,5-2)7-10/h8,10-11H,4-7H2,1-3H3. The Hall–Kier alpha value is -0.0800. The maximum Gasteiger partial charge on any atom is 0.0877 e. The van der Waals surface area contributed by atoms with Gasteiger partial charge in [0.25, 0.3) is 0 Å². The van der Waals surface area contributed by atoms with Crippen molar-refractivity contribution in [3.8, 4) is 0 Å². The smallest absolute Gasteiger partial charge is 0.0877 e. The number of aliphatic hydroxyl groups excluding tert-OH is 1. The first-order chi connectivity index (χ1) is 5.08. The van der Waals surface area contributed by atoms with Crippen LogP contribution in [0.25, 0.3) is 0 Å². The third-order valence-corrected chi connectivity index (χ3v) is 2.38. The Balaban J connectivity index is 3.86. The van der Waals surface area contributed by atoms with E-state index < -0.39 is 5.60 Å². The van der Waals surface area contributed by atoms with E-state index in [-0.39, 0.29) is 6.61 Å². The molecule has 0 aliphatic rings. The fourth-order valence-corrected chi connectivity index (χ4v) is 1.11. The molecule has 2 heteroatoms. The maximum atomic E-state index is 9.68. The van der Waals surface area contributed by atoms with Gasteiger partial charge >= 0.3 is 0 Å². The highest BCUT2D eigenvalue weighted by atomic mass is 16.3. The van der Waals surface area contributed by atoms with E-state index in [0.717, 1.165) is 6.42 Å².